The van der Waals surface area contributed by atoms with Gasteiger partial charge in [-0.25, -0.2) is 0 Å². The third-order valence-electron chi connectivity index (χ3n) is 3.60. The smallest absolute Gasteiger partial charge is 0.237 e. The predicted octanol–water partition coefficient (Wildman–Crippen LogP) is 1.24. The number of methoxy groups -OCH3 is 1. The van der Waals surface area contributed by atoms with Gasteiger partial charge in [0.1, 0.15) is 0 Å². The zero-order chi connectivity index (χ0) is 13.7. The normalized spacial score (nSPS) is 19.6. The van der Waals surface area contributed by atoms with Crippen molar-refractivity contribution in [1.29, 1.82) is 0 Å². The van der Waals surface area contributed by atoms with E-state index in [0.717, 1.165) is 19.4 Å². The molecule has 0 bridgehead atoms. The van der Waals surface area contributed by atoms with Crippen LogP contribution >= 0.6 is 0 Å². The van der Waals surface area contributed by atoms with Crippen LogP contribution in [0, 0.1) is 0 Å². The fraction of sp³-hybridized carbons (Fsp3) is 0.533. The third kappa shape index (κ3) is 3.55. The minimum absolute atomic E-state index is 0.0680. The Morgan fingerprint density at radius 2 is 2.21 bits per heavy atom. The van der Waals surface area contributed by atoms with E-state index in [1.807, 2.05) is 19.1 Å². The lowest BCUT2D eigenvalue weighted by molar-refractivity contribution is -0.124. The van der Waals surface area contributed by atoms with Gasteiger partial charge in [0, 0.05) is 13.7 Å². The lowest BCUT2D eigenvalue weighted by Crippen LogP contribution is -2.51. The molecule has 104 valence electrons. The number of carbonyl (C=O) groups is 1. The van der Waals surface area contributed by atoms with Crippen LogP contribution in [0.3, 0.4) is 0 Å². The summed E-state index contributed by atoms with van der Waals surface area (Å²) in [4.78, 5) is 12.2. The summed E-state index contributed by atoms with van der Waals surface area (Å²) < 4.78 is 5.10. The second-order valence-electron chi connectivity index (χ2n) is 4.98. The predicted molar refractivity (Wildman–Crippen MR) is 74.9 cm³/mol. The van der Waals surface area contributed by atoms with Gasteiger partial charge in [-0.15, -0.1) is 0 Å². The van der Waals surface area contributed by atoms with E-state index in [4.69, 9.17) is 4.74 Å². The van der Waals surface area contributed by atoms with Gasteiger partial charge in [0.15, 0.2) is 0 Å². The fourth-order valence-corrected chi connectivity index (χ4v) is 2.40. The summed E-state index contributed by atoms with van der Waals surface area (Å²) in [6.07, 6.45) is 1.63. The number of benzene rings is 1. The van der Waals surface area contributed by atoms with Crippen molar-refractivity contribution in [2.75, 3.05) is 13.7 Å². The summed E-state index contributed by atoms with van der Waals surface area (Å²) in [6, 6.07) is 8.22. The molecule has 1 aromatic carbocycles. The summed E-state index contributed by atoms with van der Waals surface area (Å²) >= 11 is 0. The van der Waals surface area contributed by atoms with Gasteiger partial charge in [-0.1, -0.05) is 31.2 Å². The fourth-order valence-electron chi connectivity index (χ4n) is 2.40. The molecule has 1 amide bonds. The van der Waals surface area contributed by atoms with Crippen molar-refractivity contribution in [3.63, 3.8) is 0 Å². The molecule has 0 saturated heterocycles. The molecular weight excluding hydrogens is 240 g/mol. The Hall–Kier alpha value is -1.39. The Labute approximate surface area is 114 Å². The van der Waals surface area contributed by atoms with E-state index in [1.54, 1.807) is 7.11 Å². The van der Waals surface area contributed by atoms with E-state index in [2.05, 4.69) is 22.8 Å². The number of ether oxygens (including phenoxy) is 1. The van der Waals surface area contributed by atoms with Crippen LogP contribution in [0.4, 0.5) is 0 Å². The Morgan fingerprint density at radius 3 is 2.89 bits per heavy atom. The van der Waals surface area contributed by atoms with Crippen LogP contribution in [0.2, 0.25) is 0 Å². The van der Waals surface area contributed by atoms with Crippen LogP contribution in [0.5, 0.6) is 0 Å². The monoisotopic (exact) mass is 262 g/mol. The van der Waals surface area contributed by atoms with Gasteiger partial charge in [0.25, 0.3) is 0 Å². The van der Waals surface area contributed by atoms with Crippen molar-refractivity contribution in [2.45, 2.75) is 38.4 Å². The van der Waals surface area contributed by atoms with Gasteiger partial charge in [0.05, 0.1) is 18.7 Å². The molecule has 0 radical (unpaired) electrons. The summed E-state index contributed by atoms with van der Waals surface area (Å²) in [5.74, 6) is 0.0680. The first kappa shape index (κ1) is 14.0. The second kappa shape index (κ2) is 6.68. The zero-order valence-corrected chi connectivity index (χ0v) is 11.6. The quantitative estimate of drug-likeness (QED) is 0.839. The molecule has 0 aliphatic carbocycles. The highest BCUT2D eigenvalue weighted by atomic mass is 16.5. The molecule has 1 aliphatic rings. The number of rotatable bonds is 5. The Balaban J connectivity index is 1.95. The maximum atomic E-state index is 12.2. The van der Waals surface area contributed by atoms with E-state index >= 15 is 0 Å². The molecule has 4 nitrogen and oxygen atoms in total. The highest BCUT2D eigenvalue weighted by Gasteiger charge is 2.25. The summed E-state index contributed by atoms with van der Waals surface area (Å²) in [6.45, 7) is 3.37. The van der Waals surface area contributed by atoms with Gasteiger partial charge in [-0.05, 0) is 24.0 Å². The number of hydrogen-bond acceptors (Lipinski definition) is 3. The summed E-state index contributed by atoms with van der Waals surface area (Å²) in [7, 11) is 1.66. The van der Waals surface area contributed by atoms with Crippen LogP contribution in [-0.2, 0) is 22.5 Å². The maximum absolute atomic E-state index is 12.2. The number of nitrogens with one attached hydrogen (secondary N) is 2. The molecule has 2 N–H and O–H groups in total. The average Bonchev–Trinajstić information content (AvgIpc) is 2.46. The van der Waals surface area contributed by atoms with E-state index in [1.165, 1.54) is 11.1 Å². The highest BCUT2D eigenvalue weighted by Crippen LogP contribution is 2.16. The maximum Gasteiger partial charge on any atom is 0.237 e. The van der Waals surface area contributed by atoms with Gasteiger partial charge in [-0.2, -0.15) is 0 Å². The minimum atomic E-state index is -0.138. The molecule has 0 spiro atoms. The van der Waals surface area contributed by atoms with Crippen LogP contribution in [0.25, 0.3) is 0 Å². The number of amides is 1. The molecule has 1 heterocycles. The minimum Gasteiger partial charge on any atom is -0.383 e. The third-order valence-corrected chi connectivity index (χ3v) is 3.60. The van der Waals surface area contributed by atoms with Crippen molar-refractivity contribution >= 4 is 5.91 Å². The number of fused-ring (bicyclic) bond motifs is 1. The molecule has 1 aromatic rings. The van der Waals surface area contributed by atoms with Crippen LogP contribution in [0.1, 0.15) is 24.5 Å². The highest BCUT2D eigenvalue weighted by molar-refractivity contribution is 5.82. The molecule has 4 heteroatoms. The zero-order valence-electron chi connectivity index (χ0n) is 11.6. The van der Waals surface area contributed by atoms with Gasteiger partial charge in [0.2, 0.25) is 5.91 Å². The summed E-state index contributed by atoms with van der Waals surface area (Å²) in [5, 5.41) is 6.34. The molecule has 0 fully saturated rings. The molecule has 2 rings (SSSR count). The number of hydrogen-bond donors (Lipinski definition) is 2. The molecule has 1 aliphatic heterocycles. The van der Waals surface area contributed by atoms with Crippen molar-refractivity contribution < 1.29 is 9.53 Å². The number of carbonyl (C=O) groups excluding carboxylic acids is 1. The van der Waals surface area contributed by atoms with Gasteiger partial charge < -0.3 is 15.4 Å². The first-order chi connectivity index (χ1) is 9.24. The van der Waals surface area contributed by atoms with Crippen molar-refractivity contribution in [2.24, 2.45) is 0 Å². The molecule has 2 atom stereocenters. The second-order valence-corrected chi connectivity index (χ2v) is 4.98. The molecule has 1 unspecified atom stereocenters. The SMILES string of the molecule is CCC(COC)NC(=O)[C@@H]1Cc2ccccc2CN1. The van der Waals surface area contributed by atoms with Gasteiger partial charge >= 0.3 is 0 Å². The largest absolute Gasteiger partial charge is 0.383 e. The molecular formula is C15H22N2O2. The Kier molecular flexibility index (Phi) is 4.93. The van der Waals surface area contributed by atoms with E-state index in [9.17, 15) is 4.79 Å². The first-order valence-corrected chi connectivity index (χ1v) is 6.84. The van der Waals surface area contributed by atoms with E-state index in [0.29, 0.717) is 6.61 Å². The molecule has 19 heavy (non-hydrogen) atoms. The molecule has 0 aromatic heterocycles. The Morgan fingerprint density at radius 1 is 1.47 bits per heavy atom. The lowest BCUT2D eigenvalue weighted by atomic mass is 9.95. The standard InChI is InChI=1S/C15H22N2O2/c1-3-13(10-19-2)17-15(18)14-8-11-6-4-5-7-12(11)9-16-14/h4-7,13-14,16H,3,8-10H2,1-2H3,(H,17,18)/t13?,14-/m0/s1. The van der Waals surface area contributed by atoms with Crippen LogP contribution < -0.4 is 10.6 Å². The lowest BCUT2D eigenvalue weighted by Gasteiger charge is -2.27. The average molecular weight is 262 g/mol. The van der Waals surface area contributed by atoms with E-state index in [-0.39, 0.29) is 18.0 Å². The Bertz CT molecular complexity index is 434. The van der Waals surface area contributed by atoms with Crippen LogP contribution in [-0.4, -0.2) is 31.7 Å². The van der Waals surface area contributed by atoms with Crippen LogP contribution in [0.15, 0.2) is 24.3 Å². The van der Waals surface area contributed by atoms with E-state index < -0.39 is 0 Å². The van der Waals surface area contributed by atoms with Crippen molar-refractivity contribution in [3.05, 3.63) is 35.4 Å². The molecule has 0 saturated carbocycles. The first-order valence-electron chi connectivity index (χ1n) is 6.84. The van der Waals surface area contributed by atoms with Gasteiger partial charge in [-0.3, -0.25) is 4.79 Å². The summed E-state index contributed by atoms with van der Waals surface area (Å²) in [5.41, 5.74) is 2.55. The topological polar surface area (TPSA) is 50.4 Å². The van der Waals surface area contributed by atoms with Crippen molar-refractivity contribution in [3.8, 4) is 0 Å². The van der Waals surface area contributed by atoms with Crippen molar-refractivity contribution in [1.82, 2.24) is 10.6 Å².